The van der Waals surface area contributed by atoms with Gasteiger partial charge in [-0.15, -0.1) is 0 Å². The van der Waals surface area contributed by atoms with Gasteiger partial charge in [0.25, 0.3) is 0 Å². The number of imidazole rings is 1. The number of hydrogen-bond donors (Lipinski definition) is 1. The number of para-hydroxylation sites is 2. The minimum Gasteiger partial charge on any atom is -0.497 e. The number of ether oxygens (including phenoxy) is 1. The van der Waals surface area contributed by atoms with Crippen LogP contribution in [-0.2, 0) is 4.79 Å². The predicted octanol–water partition coefficient (Wildman–Crippen LogP) is 4.70. The third-order valence-corrected chi connectivity index (χ3v) is 5.74. The van der Waals surface area contributed by atoms with Gasteiger partial charge in [0.2, 0.25) is 5.95 Å². The lowest BCUT2D eigenvalue weighted by atomic mass is 9.73. The molecule has 0 unspecified atom stereocenters. The van der Waals surface area contributed by atoms with Gasteiger partial charge < -0.3 is 10.1 Å². The molecule has 1 atom stereocenters. The first-order valence-corrected chi connectivity index (χ1v) is 9.61. The Bertz CT molecular complexity index is 1120. The lowest BCUT2D eigenvalue weighted by Gasteiger charge is -2.39. The number of allylic oxidation sites excluding steroid dienone is 2. The number of Topliss-reactive ketones (excluding diaryl/α,β-unsaturated/α-hetero) is 1. The molecule has 0 bridgehead atoms. The molecule has 0 fully saturated rings. The number of nitrogens with one attached hydrogen (secondary N) is 1. The third kappa shape index (κ3) is 2.53. The minimum atomic E-state index is -0.187. The molecule has 0 spiro atoms. The van der Waals surface area contributed by atoms with E-state index in [1.807, 2.05) is 42.5 Å². The maximum atomic E-state index is 13.3. The fourth-order valence-corrected chi connectivity index (χ4v) is 4.52. The maximum Gasteiger partial charge on any atom is 0.209 e. The van der Waals surface area contributed by atoms with Crippen LogP contribution < -0.4 is 10.1 Å². The fourth-order valence-electron chi connectivity index (χ4n) is 4.52. The fraction of sp³-hybridized carbons (Fsp3) is 0.304. The second-order valence-corrected chi connectivity index (χ2v) is 8.43. The summed E-state index contributed by atoms with van der Waals surface area (Å²) < 4.78 is 7.48. The van der Waals surface area contributed by atoms with Gasteiger partial charge in [-0.05, 0) is 41.7 Å². The highest BCUT2D eigenvalue weighted by Crippen LogP contribution is 2.47. The van der Waals surface area contributed by atoms with Crippen molar-refractivity contribution in [3.05, 3.63) is 65.4 Å². The van der Waals surface area contributed by atoms with Gasteiger partial charge in [0.15, 0.2) is 5.78 Å². The second kappa shape index (κ2) is 5.96. The Morgan fingerprint density at radius 3 is 2.61 bits per heavy atom. The maximum absolute atomic E-state index is 13.3. The number of fused-ring (bicyclic) bond motifs is 3. The SMILES string of the molecule is COc1ccc([C@H]2C3=C(CC(C)(C)CC3=O)Nc3nc4ccccc4n32)cc1. The summed E-state index contributed by atoms with van der Waals surface area (Å²) in [5.74, 6) is 1.81. The van der Waals surface area contributed by atoms with E-state index in [9.17, 15) is 4.79 Å². The van der Waals surface area contributed by atoms with Crippen LogP contribution in [0.15, 0.2) is 59.8 Å². The molecule has 1 aliphatic heterocycles. The van der Waals surface area contributed by atoms with Crippen LogP contribution in [0.2, 0.25) is 0 Å². The van der Waals surface area contributed by atoms with E-state index < -0.39 is 0 Å². The van der Waals surface area contributed by atoms with Crippen molar-refractivity contribution in [2.45, 2.75) is 32.7 Å². The number of hydrogen-bond acceptors (Lipinski definition) is 4. The molecule has 1 aromatic heterocycles. The molecule has 0 radical (unpaired) electrons. The van der Waals surface area contributed by atoms with Crippen molar-refractivity contribution in [1.29, 1.82) is 0 Å². The summed E-state index contributed by atoms with van der Waals surface area (Å²) in [4.78, 5) is 18.1. The lowest BCUT2D eigenvalue weighted by molar-refractivity contribution is -0.118. The zero-order valence-corrected chi connectivity index (χ0v) is 16.3. The Labute approximate surface area is 164 Å². The van der Waals surface area contributed by atoms with Gasteiger partial charge in [0.05, 0.1) is 24.2 Å². The van der Waals surface area contributed by atoms with Crippen molar-refractivity contribution in [3.8, 4) is 5.75 Å². The van der Waals surface area contributed by atoms with Crippen LogP contribution in [0.4, 0.5) is 5.95 Å². The Hall–Kier alpha value is -3.08. The van der Waals surface area contributed by atoms with Crippen molar-refractivity contribution in [1.82, 2.24) is 9.55 Å². The Morgan fingerprint density at radius 1 is 1.11 bits per heavy atom. The van der Waals surface area contributed by atoms with E-state index in [2.05, 4.69) is 29.8 Å². The van der Waals surface area contributed by atoms with E-state index >= 15 is 0 Å². The number of carbonyl (C=O) groups excluding carboxylic acids is 1. The molecule has 142 valence electrons. The van der Waals surface area contributed by atoms with E-state index in [1.165, 1.54) is 0 Å². The highest BCUT2D eigenvalue weighted by molar-refractivity contribution is 6.00. The summed E-state index contributed by atoms with van der Waals surface area (Å²) in [5, 5.41) is 3.48. The minimum absolute atomic E-state index is 0.0540. The van der Waals surface area contributed by atoms with Crippen LogP contribution in [0.5, 0.6) is 5.75 Å². The van der Waals surface area contributed by atoms with Crippen LogP contribution in [-0.4, -0.2) is 22.4 Å². The van der Waals surface area contributed by atoms with Crippen LogP contribution in [0.1, 0.15) is 38.3 Å². The van der Waals surface area contributed by atoms with Gasteiger partial charge in [0.1, 0.15) is 5.75 Å². The summed E-state index contributed by atoms with van der Waals surface area (Å²) in [5.41, 5.74) is 4.82. The summed E-state index contributed by atoms with van der Waals surface area (Å²) in [6.07, 6.45) is 1.39. The number of rotatable bonds is 2. The summed E-state index contributed by atoms with van der Waals surface area (Å²) >= 11 is 0. The quantitative estimate of drug-likeness (QED) is 0.707. The van der Waals surface area contributed by atoms with E-state index in [-0.39, 0.29) is 17.2 Å². The van der Waals surface area contributed by atoms with E-state index in [0.717, 1.165) is 46.0 Å². The molecule has 2 heterocycles. The largest absolute Gasteiger partial charge is 0.497 e. The molecule has 0 saturated heterocycles. The molecule has 1 aliphatic carbocycles. The lowest BCUT2D eigenvalue weighted by Crippen LogP contribution is -2.36. The molecule has 0 amide bonds. The number of aromatic nitrogens is 2. The van der Waals surface area contributed by atoms with Gasteiger partial charge in [-0.1, -0.05) is 38.1 Å². The first-order valence-electron chi connectivity index (χ1n) is 9.61. The molecule has 2 aliphatic rings. The normalized spacial score (nSPS) is 20.5. The number of ketones is 1. The molecule has 28 heavy (non-hydrogen) atoms. The summed E-state index contributed by atoms with van der Waals surface area (Å²) in [6, 6.07) is 15.9. The van der Waals surface area contributed by atoms with Crippen LogP contribution in [0.25, 0.3) is 11.0 Å². The number of anilines is 1. The smallest absolute Gasteiger partial charge is 0.209 e. The van der Waals surface area contributed by atoms with Gasteiger partial charge in [0, 0.05) is 17.7 Å². The molecule has 2 aromatic carbocycles. The standard InChI is InChI=1S/C23H23N3O2/c1-23(2)12-17-20(19(27)13-23)21(14-8-10-15(28-3)11-9-14)26-18-7-5-4-6-16(18)24-22(26)25-17/h4-11,21H,12-13H2,1-3H3,(H,24,25)/t21-/m0/s1. The molecule has 3 aromatic rings. The topological polar surface area (TPSA) is 56.1 Å². The van der Waals surface area contributed by atoms with Gasteiger partial charge in [-0.3, -0.25) is 9.36 Å². The van der Waals surface area contributed by atoms with Crippen LogP contribution in [0.3, 0.4) is 0 Å². The van der Waals surface area contributed by atoms with Crippen molar-refractivity contribution in [3.63, 3.8) is 0 Å². The van der Waals surface area contributed by atoms with Crippen LogP contribution >= 0.6 is 0 Å². The summed E-state index contributed by atoms with van der Waals surface area (Å²) in [6.45, 7) is 4.30. The van der Waals surface area contributed by atoms with Crippen molar-refractivity contribution < 1.29 is 9.53 Å². The van der Waals surface area contributed by atoms with Crippen LogP contribution in [0, 0.1) is 5.41 Å². The predicted molar refractivity (Wildman–Crippen MR) is 110 cm³/mol. The van der Waals surface area contributed by atoms with Crippen molar-refractivity contribution in [2.24, 2.45) is 5.41 Å². The van der Waals surface area contributed by atoms with Crippen molar-refractivity contribution >= 4 is 22.8 Å². The number of methoxy groups -OCH3 is 1. The van der Waals surface area contributed by atoms with E-state index in [0.29, 0.717) is 6.42 Å². The van der Waals surface area contributed by atoms with Gasteiger partial charge in [-0.2, -0.15) is 0 Å². The molecule has 1 N–H and O–H groups in total. The Morgan fingerprint density at radius 2 is 1.86 bits per heavy atom. The zero-order chi connectivity index (χ0) is 19.5. The molecular weight excluding hydrogens is 350 g/mol. The zero-order valence-electron chi connectivity index (χ0n) is 16.3. The van der Waals surface area contributed by atoms with E-state index in [4.69, 9.17) is 9.72 Å². The number of nitrogens with zero attached hydrogens (tertiary/aromatic N) is 2. The average Bonchev–Trinajstić information content (AvgIpc) is 3.03. The highest BCUT2D eigenvalue weighted by Gasteiger charge is 2.41. The Balaban J connectivity index is 1.76. The van der Waals surface area contributed by atoms with Gasteiger partial charge in [-0.25, -0.2) is 4.98 Å². The number of carbonyl (C=O) groups is 1. The first kappa shape index (κ1) is 17.0. The third-order valence-electron chi connectivity index (χ3n) is 5.74. The van der Waals surface area contributed by atoms with E-state index in [1.54, 1.807) is 7.11 Å². The Kier molecular flexibility index (Phi) is 3.63. The average molecular weight is 373 g/mol. The highest BCUT2D eigenvalue weighted by atomic mass is 16.5. The summed E-state index contributed by atoms with van der Waals surface area (Å²) in [7, 11) is 1.66. The molecule has 5 heteroatoms. The molecule has 5 nitrogen and oxygen atoms in total. The second-order valence-electron chi connectivity index (χ2n) is 8.43. The molecule has 5 rings (SSSR count). The molecular formula is C23H23N3O2. The monoisotopic (exact) mass is 373 g/mol. The number of benzene rings is 2. The first-order chi connectivity index (χ1) is 13.5. The van der Waals surface area contributed by atoms with Crippen molar-refractivity contribution in [2.75, 3.05) is 12.4 Å². The van der Waals surface area contributed by atoms with Gasteiger partial charge >= 0.3 is 0 Å². The molecule has 0 saturated carbocycles.